The van der Waals surface area contributed by atoms with Crippen molar-refractivity contribution in [2.24, 2.45) is 5.40 Å². The maximum Gasteiger partial charge on any atom is 0.290 e. The minimum atomic E-state index is -2.02. The highest BCUT2D eigenvalue weighted by atomic mass is 35.6. The maximum absolute atomic E-state index is 5.81. The summed E-state index contributed by atoms with van der Waals surface area (Å²) in [6, 6.07) is 0. The minimum Gasteiger partial charge on any atom is -0.331 e. The van der Waals surface area contributed by atoms with E-state index < -0.39 is 16.8 Å². The Kier molecular flexibility index (Phi) is 3.94. The monoisotopic (exact) mass is 183 g/mol. The van der Waals surface area contributed by atoms with Gasteiger partial charge in [0, 0.05) is 0 Å². The zero-order valence-corrected chi connectivity index (χ0v) is 8.94. The highest BCUT2D eigenvalue weighted by molar-refractivity contribution is 7.18. The Morgan fingerprint density at radius 2 is 2.11 bits per heavy atom. The van der Waals surface area contributed by atoms with Crippen LogP contribution in [0.3, 0.4) is 0 Å². The lowest BCUT2D eigenvalue weighted by atomic mass is 11.6. The van der Waals surface area contributed by atoms with Crippen LogP contribution in [-0.4, -0.2) is 23.9 Å². The Balaban J connectivity index is 3.47. The summed E-state index contributed by atoms with van der Waals surface area (Å²) in [6.45, 7) is 3.98. The van der Waals surface area contributed by atoms with Crippen molar-refractivity contribution in [2.75, 3.05) is 7.05 Å². The molecule has 6 heteroatoms. The van der Waals surface area contributed by atoms with Gasteiger partial charge in [-0.05, 0) is 20.1 Å². The summed E-state index contributed by atoms with van der Waals surface area (Å²) in [7, 11) is -1.10. The Hall–Kier alpha value is 0.604. The van der Waals surface area contributed by atoms with Crippen LogP contribution in [0.15, 0.2) is 0 Å². The van der Waals surface area contributed by atoms with E-state index in [4.69, 9.17) is 16.5 Å². The first kappa shape index (κ1) is 9.60. The van der Waals surface area contributed by atoms with Gasteiger partial charge in [-0.25, -0.2) is 0 Å². The van der Waals surface area contributed by atoms with Crippen molar-refractivity contribution < 1.29 is 0 Å². The molecule has 0 spiro atoms. The molecule has 0 radical (unpaired) electrons. The molecule has 3 nitrogen and oxygen atoms in total. The van der Waals surface area contributed by atoms with Crippen LogP contribution in [0.25, 0.3) is 0 Å². The summed E-state index contributed by atoms with van der Waals surface area (Å²) in [5, 5.41) is 5.60. The van der Waals surface area contributed by atoms with E-state index in [0.29, 0.717) is 0 Å². The van der Waals surface area contributed by atoms with Gasteiger partial charge in [-0.2, -0.15) is 0 Å². The van der Waals surface area contributed by atoms with Crippen molar-refractivity contribution in [1.29, 1.82) is 0 Å². The van der Waals surface area contributed by atoms with Gasteiger partial charge in [-0.15, -0.1) is 11.1 Å². The van der Waals surface area contributed by atoms with Crippen LogP contribution in [0.1, 0.15) is 0 Å². The third kappa shape index (κ3) is 6.49. The van der Waals surface area contributed by atoms with Crippen LogP contribution in [-0.2, 0) is 0 Å². The zero-order valence-electron chi connectivity index (χ0n) is 6.03. The number of halogens is 1. The van der Waals surface area contributed by atoms with Crippen LogP contribution in [0, 0.1) is 0 Å². The van der Waals surface area contributed by atoms with Gasteiger partial charge in [0.15, 0.2) is 9.12 Å². The van der Waals surface area contributed by atoms with Gasteiger partial charge in [0.25, 0.3) is 7.71 Å². The van der Waals surface area contributed by atoms with Crippen LogP contribution in [0.2, 0.25) is 13.1 Å². The molecule has 0 bridgehead atoms. The van der Waals surface area contributed by atoms with E-state index in [1.165, 1.54) is 0 Å². The zero-order chi connectivity index (χ0) is 7.49. The number of hydrogen-bond acceptors (Lipinski definition) is 3. The minimum absolute atomic E-state index is 1.00. The molecule has 2 atom stereocenters. The van der Waals surface area contributed by atoms with Gasteiger partial charge in [0.2, 0.25) is 0 Å². The topological polar surface area (TPSA) is 50.1 Å². The Bertz CT molecular complexity index is 83.6. The van der Waals surface area contributed by atoms with E-state index in [2.05, 4.69) is 16.2 Å². The van der Waals surface area contributed by atoms with Crippen LogP contribution < -0.4 is 15.0 Å². The second-order valence-corrected chi connectivity index (χ2v) is 9.91. The standard InChI is InChI=1S/C3H14ClN3Si2/c1-6-8(2)7-9(3,4)5/h6-8H,5H2,1-3H3. The predicted molar refractivity (Wildman–Crippen MR) is 46.9 cm³/mol. The molecule has 2 unspecified atom stereocenters. The fourth-order valence-corrected chi connectivity index (χ4v) is 5.93. The molecule has 0 aliphatic heterocycles. The third-order valence-corrected chi connectivity index (χ3v) is 6.77. The average Bonchev–Trinajstić information content (AvgIpc) is 1.62. The first-order valence-corrected chi connectivity index (χ1v) is 8.78. The molecular weight excluding hydrogens is 170 g/mol. The van der Waals surface area contributed by atoms with Crippen LogP contribution >= 0.6 is 11.1 Å². The molecule has 4 N–H and O–H groups in total. The first-order valence-electron chi connectivity index (χ1n) is 2.88. The van der Waals surface area contributed by atoms with E-state index in [-0.39, 0.29) is 0 Å². The lowest BCUT2D eigenvalue weighted by Crippen LogP contribution is -2.61. The molecule has 0 aromatic heterocycles. The molecule has 0 aromatic carbocycles. The normalized spacial score (nSPS) is 21.0. The number of nitrogens with two attached hydrogens (primary N) is 1. The molecule has 0 heterocycles. The fraction of sp³-hybridized carbons (Fsp3) is 1.00. The molecule has 0 aliphatic carbocycles. The highest BCUT2D eigenvalue weighted by Gasteiger charge is 2.20. The fourth-order valence-electron chi connectivity index (χ4n) is 0.496. The molecule has 0 saturated heterocycles. The Labute approximate surface area is 63.6 Å². The molecule has 0 aliphatic rings. The Morgan fingerprint density at radius 3 is 2.22 bits per heavy atom. The maximum atomic E-state index is 5.81. The summed E-state index contributed by atoms with van der Waals surface area (Å²) in [4.78, 5) is 3.12. The molecular formula is C3H14ClN3Si2. The van der Waals surface area contributed by atoms with Gasteiger partial charge in [0.1, 0.15) is 0 Å². The average molecular weight is 184 g/mol. The SMILES string of the molecule is CN[SiH](C)N[Si](C)(N)Cl. The molecule has 0 fully saturated rings. The van der Waals surface area contributed by atoms with E-state index >= 15 is 0 Å². The van der Waals surface area contributed by atoms with Crippen molar-refractivity contribution in [3.8, 4) is 0 Å². The van der Waals surface area contributed by atoms with Gasteiger partial charge >= 0.3 is 0 Å². The van der Waals surface area contributed by atoms with Crippen molar-refractivity contribution in [1.82, 2.24) is 9.63 Å². The summed E-state index contributed by atoms with van der Waals surface area (Å²) in [6.07, 6.45) is 0. The predicted octanol–water partition coefficient (Wildman–Crippen LogP) is -0.588. The first-order chi connectivity index (χ1) is 3.95. The van der Waals surface area contributed by atoms with Crippen LogP contribution in [0.5, 0.6) is 0 Å². The van der Waals surface area contributed by atoms with E-state index in [0.717, 1.165) is 0 Å². The second-order valence-electron chi connectivity index (χ2n) is 2.23. The van der Waals surface area contributed by atoms with Gasteiger partial charge in [-0.1, -0.05) is 0 Å². The smallest absolute Gasteiger partial charge is 0.290 e. The largest absolute Gasteiger partial charge is 0.331 e. The second kappa shape index (κ2) is 3.69. The molecule has 0 rings (SSSR count). The van der Waals surface area contributed by atoms with Gasteiger partial charge in [-0.3, -0.25) is 0 Å². The van der Waals surface area contributed by atoms with E-state index in [1.807, 2.05) is 13.6 Å². The van der Waals surface area contributed by atoms with Gasteiger partial charge < -0.3 is 15.0 Å². The molecule has 9 heavy (non-hydrogen) atoms. The third-order valence-electron chi connectivity index (χ3n) is 0.932. The Morgan fingerprint density at radius 1 is 1.67 bits per heavy atom. The summed E-state index contributed by atoms with van der Waals surface area (Å²) >= 11 is 5.81. The molecule has 0 amide bonds. The van der Waals surface area contributed by atoms with Gasteiger partial charge in [0.05, 0.1) is 0 Å². The number of nitrogens with one attached hydrogen (secondary N) is 2. The van der Waals surface area contributed by atoms with E-state index in [1.54, 1.807) is 0 Å². The lowest BCUT2D eigenvalue weighted by Gasteiger charge is -2.18. The number of rotatable bonds is 3. The van der Waals surface area contributed by atoms with Crippen molar-refractivity contribution >= 4 is 27.9 Å². The van der Waals surface area contributed by atoms with Crippen LogP contribution in [0.4, 0.5) is 0 Å². The highest BCUT2D eigenvalue weighted by Crippen LogP contribution is 1.92. The summed E-state index contributed by atoms with van der Waals surface area (Å²) in [5.41, 5.74) is 0. The molecule has 0 saturated carbocycles. The summed E-state index contributed by atoms with van der Waals surface area (Å²) < 4.78 is 3.18. The van der Waals surface area contributed by atoms with Crippen molar-refractivity contribution in [3.05, 3.63) is 0 Å². The number of hydrogen-bond donors (Lipinski definition) is 3. The molecule has 56 valence electrons. The summed E-state index contributed by atoms with van der Waals surface area (Å²) in [5.74, 6) is 0. The van der Waals surface area contributed by atoms with Crippen molar-refractivity contribution in [3.63, 3.8) is 0 Å². The molecule has 0 aromatic rings. The van der Waals surface area contributed by atoms with E-state index in [9.17, 15) is 0 Å². The van der Waals surface area contributed by atoms with Crippen molar-refractivity contribution in [2.45, 2.75) is 13.1 Å². The quantitative estimate of drug-likeness (QED) is 0.405. The lowest BCUT2D eigenvalue weighted by molar-refractivity contribution is 1.15.